The number of hydrogen-bond acceptors (Lipinski definition) is 8. The van der Waals surface area contributed by atoms with E-state index in [9.17, 15) is 9.90 Å². The first-order chi connectivity index (χ1) is 20.9. The van der Waals surface area contributed by atoms with E-state index in [0.717, 1.165) is 28.3 Å². The number of hydrogen-bond donors (Lipinski definition) is 3. The summed E-state index contributed by atoms with van der Waals surface area (Å²) in [5.41, 5.74) is 5.72. The second-order valence-electron chi connectivity index (χ2n) is 10.8. The SMILES string of the molecule is COc1ccc(CNc2cc(C)c(-n3cnc(C4CC4)c3)cc2C(=O)Nc2cccc(-c3nncn3C(C)CO)n2)cc1. The molecule has 220 valence electrons. The fourth-order valence-corrected chi connectivity index (χ4v) is 4.96. The molecule has 6 rings (SSSR count). The zero-order valence-electron chi connectivity index (χ0n) is 24.4. The van der Waals surface area contributed by atoms with Crippen molar-refractivity contribution in [2.24, 2.45) is 0 Å². The van der Waals surface area contributed by atoms with Gasteiger partial charge in [-0.3, -0.25) is 4.79 Å². The zero-order chi connectivity index (χ0) is 29.9. The Morgan fingerprint density at radius 2 is 1.95 bits per heavy atom. The second kappa shape index (κ2) is 12.1. The molecule has 0 bridgehead atoms. The number of pyridine rings is 1. The maximum absolute atomic E-state index is 13.9. The molecule has 1 unspecified atom stereocenters. The van der Waals surface area contributed by atoms with E-state index in [1.54, 1.807) is 36.2 Å². The molecule has 5 aromatic rings. The van der Waals surface area contributed by atoms with Gasteiger partial charge in [-0.25, -0.2) is 9.97 Å². The number of carbonyl (C=O) groups excluding carboxylic acids is 1. The van der Waals surface area contributed by atoms with Crippen LogP contribution in [-0.4, -0.2) is 54.0 Å². The highest BCUT2D eigenvalue weighted by Crippen LogP contribution is 2.39. The van der Waals surface area contributed by atoms with Crippen molar-refractivity contribution in [2.45, 2.75) is 45.2 Å². The topological polar surface area (TPSA) is 132 Å². The number of aromatic nitrogens is 6. The number of amides is 1. The fraction of sp³-hybridized carbons (Fsp3) is 0.281. The number of benzene rings is 2. The Hall–Kier alpha value is -5.03. The Balaban J connectivity index is 1.31. The number of aryl methyl sites for hydroxylation is 1. The molecule has 0 radical (unpaired) electrons. The maximum atomic E-state index is 13.9. The monoisotopic (exact) mass is 578 g/mol. The van der Waals surface area contributed by atoms with Crippen LogP contribution in [0.2, 0.25) is 0 Å². The van der Waals surface area contributed by atoms with Crippen LogP contribution in [0.3, 0.4) is 0 Å². The second-order valence-corrected chi connectivity index (χ2v) is 10.8. The van der Waals surface area contributed by atoms with Gasteiger partial charge in [0.15, 0.2) is 5.82 Å². The Morgan fingerprint density at radius 3 is 2.70 bits per heavy atom. The van der Waals surface area contributed by atoms with Crippen LogP contribution in [-0.2, 0) is 6.54 Å². The highest BCUT2D eigenvalue weighted by molar-refractivity contribution is 6.08. The average molecular weight is 579 g/mol. The third kappa shape index (κ3) is 6.12. The van der Waals surface area contributed by atoms with E-state index in [2.05, 4.69) is 37.0 Å². The third-order valence-corrected chi connectivity index (χ3v) is 7.63. The van der Waals surface area contributed by atoms with E-state index in [4.69, 9.17) is 4.74 Å². The molecule has 11 heteroatoms. The number of imidazole rings is 1. The number of aliphatic hydroxyl groups is 1. The largest absolute Gasteiger partial charge is 0.497 e. The lowest BCUT2D eigenvalue weighted by Crippen LogP contribution is -2.17. The van der Waals surface area contributed by atoms with Gasteiger partial charge in [0.2, 0.25) is 0 Å². The summed E-state index contributed by atoms with van der Waals surface area (Å²) in [6.07, 6.45) is 7.76. The Bertz CT molecular complexity index is 1740. The molecule has 43 heavy (non-hydrogen) atoms. The van der Waals surface area contributed by atoms with Gasteiger partial charge in [0.1, 0.15) is 23.6 Å². The number of aliphatic hydroxyl groups excluding tert-OH is 1. The van der Waals surface area contributed by atoms with E-state index >= 15 is 0 Å². The van der Waals surface area contributed by atoms with Crippen LogP contribution < -0.4 is 15.4 Å². The van der Waals surface area contributed by atoms with Crippen LogP contribution in [0.1, 0.15) is 58.9 Å². The molecule has 1 fully saturated rings. The first-order valence-electron chi connectivity index (χ1n) is 14.3. The van der Waals surface area contributed by atoms with E-state index in [0.29, 0.717) is 41.0 Å². The van der Waals surface area contributed by atoms with Gasteiger partial charge in [0.05, 0.1) is 43.0 Å². The van der Waals surface area contributed by atoms with E-state index < -0.39 is 0 Å². The summed E-state index contributed by atoms with van der Waals surface area (Å²) in [6.45, 7) is 4.34. The maximum Gasteiger partial charge on any atom is 0.258 e. The molecular formula is C32H34N8O3. The molecule has 11 nitrogen and oxygen atoms in total. The molecule has 3 heterocycles. The molecule has 3 N–H and O–H groups in total. The molecule has 1 aliphatic rings. The minimum absolute atomic E-state index is 0.0669. The van der Waals surface area contributed by atoms with Gasteiger partial charge in [0, 0.05) is 24.3 Å². The molecule has 1 aliphatic carbocycles. The molecular weight excluding hydrogens is 544 g/mol. The van der Waals surface area contributed by atoms with Crippen molar-refractivity contribution in [1.82, 2.24) is 29.3 Å². The van der Waals surface area contributed by atoms with Crippen LogP contribution in [0.15, 0.2) is 73.4 Å². The van der Waals surface area contributed by atoms with Crippen LogP contribution in [0.5, 0.6) is 5.75 Å². The first kappa shape index (κ1) is 28.1. The van der Waals surface area contributed by atoms with E-state index in [-0.39, 0.29) is 18.6 Å². The van der Waals surface area contributed by atoms with Crippen LogP contribution in [0.25, 0.3) is 17.2 Å². The van der Waals surface area contributed by atoms with Gasteiger partial charge >= 0.3 is 0 Å². The van der Waals surface area contributed by atoms with Crippen molar-refractivity contribution in [3.63, 3.8) is 0 Å². The zero-order valence-corrected chi connectivity index (χ0v) is 24.4. The van der Waals surface area contributed by atoms with Gasteiger partial charge < -0.3 is 29.6 Å². The highest BCUT2D eigenvalue weighted by atomic mass is 16.5. The molecule has 0 saturated heterocycles. The minimum Gasteiger partial charge on any atom is -0.497 e. The third-order valence-electron chi connectivity index (χ3n) is 7.63. The smallest absolute Gasteiger partial charge is 0.258 e. The number of nitrogens with zero attached hydrogens (tertiary/aromatic N) is 6. The first-order valence-corrected chi connectivity index (χ1v) is 14.3. The Labute approximate surface area is 249 Å². The standard InChI is InChI=1S/C32H34N8O3/c1-20-13-27(33-15-22-7-11-24(43-3)12-8-22)25(14-29(20)39-16-28(34-18-39)23-9-10-23)32(42)37-30-6-4-5-26(36-30)31-38-35-19-40(31)21(2)17-41/h4-8,11-14,16,18-19,21,23,33,41H,9-10,15,17H2,1-3H3,(H,36,37,42). The number of methoxy groups -OCH3 is 1. The Morgan fingerprint density at radius 1 is 1.14 bits per heavy atom. The van der Waals surface area contributed by atoms with Gasteiger partial charge in [-0.2, -0.15) is 0 Å². The van der Waals surface area contributed by atoms with Crippen molar-refractivity contribution in [2.75, 3.05) is 24.4 Å². The van der Waals surface area contributed by atoms with Crippen molar-refractivity contribution in [1.29, 1.82) is 0 Å². The average Bonchev–Trinajstić information content (AvgIpc) is 3.54. The van der Waals surface area contributed by atoms with Gasteiger partial charge in [0.25, 0.3) is 5.91 Å². The number of nitrogens with one attached hydrogen (secondary N) is 2. The molecule has 2 aromatic carbocycles. The van der Waals surface area contributed by atoms with Crippen LogP contribution in [0.4, 0.5) is 11.5 Å². The van der Waals surface area contributed by atoms with Crippen molar-refractivity contribution in [3.05, 3.63) is 95.8 Å². The summed E-state index contributed by atoms with van der Waals surface area (Å²) >= 11 is 0. The number of rotatable bonds is 11. The van der Waals surface area contributed by atoms with E-state index in [1.165, 1.54) is 12.8 Å². The predicted molar refractivity (Wildman–Crippen MR) is 164 cm³/mol. The molecule has 0 aliphatic heterocycles. The lowest BCUT2D eigenvalue weighted by molar-refractivity contribution is 0.102. The lowest BCUT2D eigenvalue weighted by atomic mass is 10.1. The van der Waals surface area contributed by atoms with Crippen molar-refractivity contribution < 1.29 is 14.6 Å². The summed E-state index contributed by atoms with van der Waals surface area (Å²) < 4.78 is 9.02. The summed E-state index contributed by atoms with van der Waals surface area (Å²) in [4.78, 5) is 23.1. The van der Waals surface area contributed by atoms with Crippen LogP contribution in [0, 0.1) is 6.92 Å². The lowest BCUT2D eigenvalue weighted by Gasteiger charge is -2.17. The van der Waals surface area contributed by atoms with Crippen LogP contribution >= 0.6 is 0 Å². The summed E-state index contributed by atoms with van der Waals surface area (Å²) in [7, 11) is 1.64. The normalized spacial score (nSPS) is 13.5. The van der Waals surface area contributed by atoms with E-state index in [1.807, 2.05) is 61.1 Å². The summed E-state index contributed by atoms with van der Waals surface area (Å²) in [5, 5.41) is 24.2. The highest BCUT2D eigenvalue weighted by Gasteiger charge is 2.26. The quantitative estimate of drug-likeness (QED) is 0.196. The molecule has 0 spiro atoms. The number of ether oxygens (including phenoxy) is 1. The Kier molecular flexibility index (Phi) is 7.89. The predicted octanol–water partition coefficient (Wildman–Crippen LogP) is 5.14. The summed E-state index contributed by atoms with van der Waals surface area (Å²) in [5.74, 6) is 1.88. The van der Waals surface area contributed by atoms with Crippen molar-refractivity contribution in [3.8, 4) is 23.0 Å². The molecule has 1 atom stereocenters. The molecule has 1 saturated carbocycles. The fourth-order valence-electron chi connectivity index (χ4n) is 4.96. The van der Waals surface area contributed by atoms with Gasteiger partial charge in [-0.15, -0.1) is 10.2 Å². The number of carbonyl (C=O) groups is 1. The van der Waals surface area contributed by atoms with Gasteiger partial charge in [-0.05, 0) is 74.2 Å². The van der Waals surface area contributed by atoms with Gasteiger partial charge in [-0.1, -0.05) is 18.2 Å². The summed E-state index contributed by atoms with van der Waals surface area (Å²) in [6, 6.07) is 16.8. The minimum atomic E-state index is -0.309. The van der Waals surface area contributed by atoms with Crippen molar-refractivity contribution >= 4 is 17.4 Å². The number of anilines is 2. The molecule has 3 aromatic heterocycles. The molecule has 1 amide bonds.